The summed E-state index contributed by atoms with van der Waals surface area (Å²) in [6, 6.07) is 8.72. The maximum Gasteiger partial charge on any atom is 0.274 e. The van der Waals surface area contributed by atoms with Crippen molar-refractivity contribution in [3.8, 4) is 0 Å². The van der Waals surface area contributed by atoms with E-state index in [-0.39, 0.29) is 23.0 Å². The number of carbonyl (C=O) groups excluding carboxylic acids is 1. The summed E-state index contributed by atoms with van der Waals surface area (Å²) in [5.41, 5.74) is 2.32. The van der Waals surface area contributed by atoms with Gasteiger partial charge in [-0.15, -0.1) is 0 Å². The number of hydrogen-bond acceptors (Lipinski definition) is 4. The molecule has 144 valence electrons. The maximum absolute atomic E-state index is 13.9. The molecule has 8 heteroatoms. The van der Waals surface area contributed by atoms with Crippen molar-refractivity contribution in [3.63, 3.8) is 0 Å². The fraction of sp³-hybridized carbons (Fsp3) is 0.150. The average molecular weight is 386 g/mol. The molecule has 0 spiro atoms. The maximum atomic E-state index is 13.9. The van der Waals surface area contributed by atoms with E-state index in [0.717, 1.165) is 23.3 Å². The Morgan fingerprint density at radius 1 is 0.893 bits per heavy atom. The first-order valence-corrected chi connectivity index (χ1v) is 8.39. The summed E-state index contributed by atoms with van der Waals surface area (Å²) in [4.78, 5) is 20.7. The van der Waals surface area contributed by atoms with Gasteiger partial charge in [0.2, 0.25) is 0 Å². The minimum absolute atomic E-state index is 0.0398. The summed E-state index contributed by atoms with van der Waals surface area (Å²) in [5, 5.41) is 5.31. The molecule has 5 nitrogen and oxygen atoms in total. The minimum Gasteiger partial charge on any atom is -0.338 e. The molecule has 28 heavy (non-hydrogen) atoms. The van der Waals surface area contributed by atoms with Crippen LogP contribution in [0.2, 0.25) is 0 Å². The second-order valence-electron chi connectivity index (χ2n) is 6.31. The van der Waals surface area contributed by atoms with Gasteiger partial charge in [-0.3, -0.25) is 4.79 Å². The molecule has 1 heterocycles. The van der Waals surface area contributed by atoms with E-state index in [1.165, 1.54) is 6.07 Å². The quantitative estimate of drug-likeness (QED) is 0.631. The Kier molecular flexibility index (Phi) is 5.30. The summed E-state index contributed by atoms with van der Waals surface area (Å²) < 4.78 is 40.4. The van der Waals surface area contributed by atoms with Gasteiger partial charge in [-0.05, 0) is 44.5 Å². The molecule has 1 aromatic heterocycles. The van der Waals surface area contributed by atoms with Gasteiger partial charge in [-0.2, -0.15) is 0 Å². The van der Waals surface area contributed by atoms with Gasteiger partial charge < -0.3 is 10.6 Å². The van der Waals surface area contributed by atoms with E-state index < -0.39 is 23.4 Å². The third-order valence-corrected chi connectivity index (χ3v) is 4.00. The second kappa shape index (κ2) is 7.67. The Morgan fingerprint density at radius 3 is 2.32 bits per heavy atom. The number of aromatic nitrogens is 2. The van der Waals surface area contributed by atoms with Crippen LogP contribution in [0.15, 0.2) is 36.4 Å². The van der Waals surface area contributed by atoms with Crippen molar-refractivity contribution >= 4 is 23.1 Å². The number of nitrogens with zero attached hydrogens (tertiary/aromatic N) is 2. The van der Waals surface area contributed by atoms with Gasteiger partial charge >= 0.3 is 0 Å². The van der Waals surface area contributed by atoms with Crippen LogP contribution in [-0.2, 0) is 0 Å². The topological polar surface area (TPSA) is 66.9 Å². The molecular weight excluding hydrogens is 369 g/mol. The van der Waals surface area contributed by atoms with Crippen molar-refractivity contribution < 1.29 is 18.0 Å². The third-order valence-electron chi connectivity index (χ3n) is 4.00. The number of carbonyl (C=O) groups is 1. The molecule has 0 unspecified atom stereocenters. The highest BCUT2D eigenvalue weighted by Gasteiger charge is 2.16. The summed E-state index contributed by atoms with van der Waals surface area (Å²) in [5.74, 6) is -4.43. The van der Waals surface area contributed by atoms with E-state index >= 15 is 0 Å². The van der Waals surface area contributed by atoms with Crippen LogP contribution >= 0.6 is 0 Å². The number of nitrogens with one attached hydrogen (secondary N) is 2. The molecule has 2 N–H and O–H groups in total. The third kappa shape index (κ3) is 4.11. The lowest BCUT2D eigenvalue weighted by Crippen LogP contribution is -2.16. The molecule has 3 aromatic rings. The zero-order chi connectivity index (χ0) is 20.4. The molecule has 0 saturated heterocycles. The summed E-state index contributed by atoms with van der Waals surface area (Å²) in [7, 11) is 0. The second-order valence-corrected chi connectivity index (χ2v) is 6.31. The van der Waals surface area contributed by atoms with E-state index in [9.17, 15) is 18.0 Å². The molecule has 0 bridgehead atoms. The number of hydrogen-bond donors (Lipinski definition) is 2. The van der Waals surface area contributed by atoms with Crippen molar-refractivity contribution in [3.05, 3.63) is 76.5 Å². The smallest absolute Gasteiger partial charge is 0.274 e. The Hall–Kier alpha value is -3.42. The molecule has 0 aliphatic rings. The molecule has 0 aliphatic heterocycles. The van der Waals surface area contributed by atoms with Crippen molar-refractivity contribution in [2.24, 2.45) is 0 Å². The Balaban J connectivity index is 1.87. The summed E-state index contributed by atoms with van der Waals surface area (Å²) in [6.45, 7) is 5.37. The molecule has 0 saturated carbocycles. The van der Waals surface area contributed by atoms with Gasteiger partial charge in [-0.1, -0.05) is 17.7 Å². The highest BCUT2D eigenvalue weighted by atomic mass is 19.2. The predicted molar refractivity (Wildman–Crippen MR) is 100 cm³/mol. The van der Waals surface area contributed by atoms with Crippen LogP contribution in [0.1, 0.15) is 27.4 Å². The first-order chi connectivity index (χ1) is 13.2. The van der Waals surface area contributed by atoms with Gasteiger partial charge in [0.25, 0.3) is 5.91 Å². The number of rotatable bonds is 4. The number of anilines is 3. The van der Waals surface area contributed by atoms with Crippen LogP contribution in [0.25, 0.3) is 0 Å². The monoisotopic (exact) mass is 386 g/mol. The summed E-state index contributed by atoms with van der Waals surface area (Å²) >= 11 is 0. The predicted octanol–water partition coefficient (Wildman–Crippen LogP) is 4.82. The van der Waals surface area contributed by atoms with Crippen LogP contribution in [0.4, 0.5) is 30.4 Å². The van der Waals surface area contributed by atoms with E-state index in [1.807, 2.05) is 26.0 Å². The molecule has 1 amide bonds. The highest BCUT2D eigenvalue weighted by molar-refractivity contribution is 6.03. The number of halogens is 3. The normalized spacial score (nSPS) is 10.6. The van der Waals surface area contributed by atoms with Gasteiger partial charge in [0.05, 0.1) is 5.69 Å². The van der Waals surface area contributed by atoms with Crippen LogP contribution in [-0.4, -0.2) is 15.9 Å². The minimum atomic E-state index is -1.59. The number of aryl methyl sites for hydroxylation is 3. The molecule has 0 atom stereocenters. The van der Waals surface area contributed by atoms with Crippen LogP contribution < -0.4 is 10.6 Å². The van der Waals surface area contributed by atoms with Crippen LogP contribution in [0.5, 0.6) is 0 Å². The van der Waals surface area contributed by atoms with Crippen LogP contribution in [0, 0.1) is 38.2 Å². The molecule has 0 aliphatic carbocycles. The molecular formula is C20H17F3N4O. The Labute approximate surface area is 159 Å². The first kappa shape index (κ1) is 19.3. The molecule has 2 aromatic carbocycles. The lowest BCUT2D eigenvalue weighted by Gasteiger charge is -2.11. The number of amides is 1. The standard InChI is InChI=1S/C20H17F3N4O/c1-10-4-6-14(11(2)8-10)27-20(28)16-9-17(25-12(3)24-16)26-15-7-5-13(21)18(22)19(15)23/h4-9H,1-3H3,(H,27,28)(H,24,25,26). The van der Waals surface area contributed by atoms with Crippen molar-refractivity contribution in [1.82, 2.24) is 9.97 Å². The SMILES string of the molecule is Cc1ccc(NC(=O)c2cc(Nc3ccc(F)c(F)c3F)nc(C)n2)c(C)c1. The Bertz CT molecular complexity index is 1070. The average Bonchev–Trinajstić information content (AvgIpc) is 2.64. The molecule has 0 fully saturated rings. The van der Waals surface area contributed by atoms with Gasteiger partial charge in [0, 0.05) is 11.8 Å². The number of benzene rings is 2. The summed E-state index contributed by atoms with van der Waals surface area (Å²) in [6.07, 6.45) is 0. The van der Waals surface area contributed by atoms with E-state index in [2.05, 4.69) is 20.6 Å². The van der Waals surface area contributed by atoms with Crippen molar-refractivity contribution in [1.29, 1.82) is 0 Å². The largest absolute Gasteiger partial charge is 0.338 e. The van der Waals surface area contributed by atoms with E-state index in [4.69, 9.17) is 0 Å². The van der Waals surface area contributed by atoms with Gasteiger partial charge in [0.1, 0.15) is 17.3 Å². The van der Waals surface area contributed by atoms with Crippen molar-refractivity contribution in [2.75, 3.05) is 10.6 Å². The van der Waals surface area contributed by atoms with Gasteiger partial charge in [-0.25, -0.2) is 23.1 Å². The lowest BCUT2D eigenvalue weighted by molar-refractivity contribution is 0.102. The Morgan fingerprint density at radius 2 is 1.61 bits per heavy atom. The van der Waals surface area contributed by atoms with E-state index in [0.29, 0.717) is 5.69 Å². The zero-order valence-electron chi connectivity index (χ0n) is 15.4. The highest BCUT2D eigenvalue weighted by Crippen LogP contribution is 2.23. The zero-order valence-corrected chi connectivity index (χ0v) is 15.4. The van der Waals surface area contributed by atoms with Crippen molar-refractivity contribution in [2.45, 2.75) is 20.8 Å². The van der Waals surface area contributed by atoms with E-state index in [1.54, 1.807) is 13.0 Å². The van der Waals surface area contributed by atoms with Crippen LogP contribution in [0.3, 0.4) is 0 Å². The fourth-order valence-corrected chi connectivity index (χ4v) is 2.65. The molecule has 3 rings (SSSR count). The molecule has 0 radical (unpaired) electrons. The first-order valence-electron chi connectivity index (χ1n) is 8.39. The lowest BCUT2D eigenvalue weighted by atomic mass is 10.1. The van der Waals surface area contributed by atoms with Gasteiger partial charge in [0.15, 0.2) is 17.5 Å². The fourth-order valence-electron chi connectivity index (χ4n) is 2.65.